The van der Waals surface area contributed by atoms with E-state index < -0.39 is 4.92 Å². The third-order valence-electron chi connectivity index (χ3n) is 3.16. The summed E-state index contributed by atoms with van der Waals surface area (Å²) in [5.74, 6) is -0.251. The van der Waals surface area contributed by atoms with Gasteiger partial charge in [0.15, 0.2) is 0 Å². The Morgan fingerprint density at radius 1 is 1.19 bits per heavy atom. The maximum atomic E-state index is 12.0. The van der Waals surface area contributed by atoms with Gasteiger partial charge in [-0.15, -0.1) is 0 Å². The number of nitro benzene ring substituents is 1. The van der Waals surface area contributed by atoms with Gasteiger partial charge in [0.05, 0.1) is 10.6 Å². The van der Waals surface area contributed by atoms with E-state index in [-0.39, 0.29) is 11.6 Å². The number of nitro groups is 1. The number of amides is 1. The molecule has 0 unspecified atom stereocenters. The summed E-state index contributed by atoms with van der Waals surface area (Å²) in [6, 6.07) is 11.2. The van der Waals surface area contributed by atoms with E-state index >= 15 is 0 Å². The molecule has 0 radical (unpaired) electrons. The van der Waals surface area contributed by atoms with E-state index in [9.17, 15) is 14.9 Å². The van der Waals surface area contributed by atoms with Gasteiger partial charge in [-0.3, -0.25) is 14.9 Å². The number of carbonyl (C=O) groups is 1. The Bertz CT molecular complexity index is 799. The highest BCUT2D eigenvalue weighted by molar-refractivity contribution is 6.36. The van der Waals surface area contributed by atoms with Gasteiger partial charge in [-0.1, -0.05) is 29.8 Å². The lowest BCUT2D eigenvalue weighted by Gasteiger charge is -1.99. The third kappa shape index (κ3) is 2.51. The van der Waals surface area contributed by atoms with Crippen molar-refractivity contribution in [1.82, 2.24) is 0 Å². The van der Waals surface area contributed by atoms with Crippen LogP contribution < -0.4 is 5.32 Å². The normalized spacial score (nSPS) is 14.9. The number of non-ortho nitro benzene ring substituents is 1. The number of benzene rings is 2. The molecule has 3 rings (SSSR count). The van der Waals surface area contributed by atoms with Crippen molar-refractivity contribution in [3.63, 3.8) is 0 Å². The molecule has 1 heterocycles. The van der Waals surface area contributed by atoms with E-state index in [1.54, 1.807) is 36.4 Å². The average molecular weight is 301 g/mol. The van der Waals surface area contributed by atoms with Crippen LogP contribution in [-0.2, 0) is 4.79 Å². The summed E-state index contributed by atoms with van der Waals surface area (Å²) in [6.45, 7) is 0. The van der Waals surface area contributed by atoms with Crippen molar-refractivity contribution >= 4 is 40.5 Å². The second-order valence-electron chi connectivity index (χ2n) is 4.55. The first-order chi connectivity index (χ1) is 10.0. The van der Waals surface area contributed by atoms with Gasteiger partial charge in [-0.25, -0.2) is 0 Å². The number of halogens is 1. The molecule has 0 bridgehead atoms. The largest absolute Gasteiger partial charge is 0.321 e. The first kappa shape index (κ1) is 13.3. The Kier molecular flexibility index (Phi) is 3.19. The van der Waals surface area contributed by atoms with Gasteiger partial charge < -0.3 is 5.32 Å². The molecule has 0 saturated carbocycles. The Hall–Kier alpha value is -2.66. The van der Waals surface area contributed by atoms with Crippen molar-refractivity contribution in [2.24, 2.45) is 0 Å². The molecule has 1 aliphatic rings. The second kappa shape index (κ2) is 5.03. The van der Waals surface area contributed by atoms with Gasteiger partial charge >= 0.3 is 0 Å². The maximum absolute atomic E-state index is 12.0. The van der Waals surface area contributed by atoms with Crippen LogP contribution >= 0.6 is 11.6 Å². The maximum Gasteiger partial charge on any atom is 0.270 e. The number of fused-ring (bicyclic) bond motifs is 1. The highest BCUT2D eigenvalue weighted by atomic mass is 35.5. The molecule has 2 aromatic rings. The topological polar surface area (TPSA) is 72.2 Å². The second-order valence-corrected chi connectivity index (χ2v) is 4.99. The molecule has 0 aromatic heterocycles. The van der Waals surface area contributed by atoms with Gasteiger partial charge in [-0.05, 0) is 23.8 Å². The van der Waals surface area contributed by atoms with Crippen LogP contribution in [0.5, 0.6) is 0 Å². The van der Waals surface area contributed by atoms with Crippen molar-refractivity contribution in [3.8, 4) is 0 Å². The molecule has 0 aliphatic carbocycles. The zero-order chi connectivity index (χ0) is 15.0. The Morgan fingerprint density at radius 3 is 2.76 bits per heavy atom. The van der Waals surface area contributed by atoms with Gasteiger partial charge in [0.2, 0.25) is 0 Å². The monoisotopic (exact) mass is 300 g/mol. The van der Waals surface area contributed by atoms with E-state index in [0.29, 0.717) is 21.8 Å². The number of anilines is 1. The fourth-order valence-corrected chi connectivity index (χ4v) is 2.38. The summed E-state index contributed by atoms with van der Waals surface area (Å²) < 4.78 is 0. The van der Waals surface area contributed by atoms with E-state index in [1.807, 2.05) is 0 Å². The first-order valence-corrected chi connectivity index (χ1v) is 6.50. The number of hydrogen-bond acceptors (Lipinski definition) is 3. The Balaban J connectivity index is 2.07. The molecule has 6 heteroatoms. The summed E-state index contributed by atoms with van der Waals surface area (Å²) in [5.41, 5.74) is 2.42. The minimum absolute atomic E-state index is 0.0147. The van der Waals surface area contributed by atoms with Crippen LogP contribution in [0.25, 0.3) is 11.6 Å². The van der Waals surface area contributed by atoms with Crippen LogP contribution in [0.1, 0.15) is 11.1 Å². The minimum atomic E-state index is -0.468. The van der Waals surface area contributed by atoms with E-state index in [0.717, 1.165) is 5.56 Å². The van der Waals surface area contributed by atoms with Crippen LogP contribution in [-0.4, -0.2) is 10.8 Å². The average Bonchev–Trinajstić information content (AvgIpc) is 2.74. The van der Waals surface area contributed by atoms with E-state index in [4.69, 9.17) is 11.6 Å². The summed E-state index contributed by atoms with van der Waals surface area (Å²) in [6.07, 6.45) is 1.63. The lowest BCUT2D eigenvalue weighted by atomic mass is 10.0. The van der Waals surface area contributed by atoms with Crippen molar-refractivity contribution < 1.29 is 9.72 Å². The quantitative estimate of drug-likeness (QED) is 0.521. The third-order valence-corrected chi connectivity index (χ3v) is 3.39. The van der Waals surface area contributed by atoms with Crippen LogP contribution in [0.15, 0.2) is 42.5 Å². The van der Waals surface area contributed by atoms with Crippen LogP contribution in [0.2, 0.25) is 5.02 Å². The lowest BCUT2D eigenvalue weighted by Crippen LogP contribution is -2.03. The van der Waals surface area contributed by atoms with Gasteiger partial charge in [0, 0.05) is 28.3 Å². The standard InChI is InChI=1S/C15H9ClN2O3/c16-10-4-5-12-13(15(19)17-14(12)8-10)7-9-2-1-3-11(6-9)18(20)21/h1-8H,(H,17,19)/b13-7+. The van der Waals surface area contributed by atoms with Crippen molar-refractivity contribution in [2.45, 2.75) is 0 Å². The number of rotatable bonds is 2. The van der Waals surface area contributed by atoms with Crippen LogP contribution in [0.3, 0.4) is 0 Å². The molecule has 0 fully saturated rings. The molecule has 2 aromatic carbocycles. The Labute approximate surface area is 125 Å². The smallest absolute Gasteiger partial charge is 0.270 e. The van der Waals surface area contributed by atoms with Crippen LogP contribution in [0, 0.1) is 10.1 Å². The van der Waals surface area contributed by atoms with E-state index in [1.165, 1.54) is 12.1 Å². The highest BCUT2D eigenvalue weighted by Crippen LogP contribution is 2.35. The minimum Gasteiger partial charge on any atom is -0.321 e. The number of hydrogen-bond donors (Lipinski definition) is 1. The first-order valence-electron chi connectivity index (χ1n) is 6.12. The van der Waals surface area contributed by atoms with Crippen molar-refractivity contribution in [1.29, 1.82) is 0 Å². The number of nitrogens with zero attached hydrogens (tertiary/aromatic N) is 1. The van der Waals surface area contributed by atoms with Gasteiger partial charge in [0.25, 0.3) is 11.6 Å². The molecule has 5 nitrogen and oxygen atoms in total. The van der Waals surface area contributed by atoms with Crippen molar-refractivity contribution in [2.75, 3.05) is 5.32 Å². The predicted molar refractivity (Wildman–Crippen MR) is 81.0 cm³/mol. The highest BCUT2D eigenvalue weighted by Gasteiger charge is 2.24. The lowest BCUT2D eigenvalue weighted by molar-refractivity contribution is -0.384. The molecular formula is C15H9ClN2O3. The summed E-state index contributed by atoms with van der Waals surface area (Å²) in [7, 11) is 0. The summed E-state index contributed by atoms with van der Waals surface area (Å²) in [4.78, 5) is 22.3. The summed E-state index contributed by atoms with van der Waals surface area (Å²) in [5, 5.41) is 14.0. The molecule has 1 aliphatic heterocycles. The molecule has 1 N–H and O–H groups in total. The predicted octanol–water partition coefficient (Wildman–Crippen LogP) is 3.74. The Morgan fingerprint density at radius 2 is 2.00 bits per heavy atom. The van der Waals surface area contributed by atoms with Crippen molar-refractivity contribution in [3.05, 3.63) is 68.7 Å². The molecule has 104 valence electrons. The summed E-state index contributed by atoms with van der Waals surface area (Å²) >= 11 is 5.89. The molecule has 0 saturated heterocycles. The number of carbonyl (C=O) groups excluding carboxylic acids is 1. The molecule has 1 amide bonds. The zero-order valence-electron chi connectivity index (χ0n) is 10.7. The van der Waals surface area contributed by atoms with Crippen LogP contribution in [0.4, 0.5) is 11.4 Å². The fourth-order valence-electron chi connectivity index (χ4n) is 2.20. The van der Waals surface area contributed by atoms with Gasteiger partial charge in [0.1, 0.15) is 0 Å². The SMILES string of the molecule is O=C1Nc2cc(Cl)ccc2/C1=C\c1cccc([N+](=O)[O-])c1. The molecule has 0 atom stereocenters. The fraction of sp³-hybridized carbons (Fsp3) is 0. The molecule has 0 spiro atoms. The zero-order valence-corrected chi connectivity index (χ0v) is 11.4. The van der Waals surface area contributed by atoms with Gasteiger partial charge in [-0.2, -0.15) is 0 Å². The van der Waals surface area contributed by atoms with E-state index in [2.05, 4.69) is 5.32 Å². The molecular weight excluding hydrogens is 292 g/mol. The molecule has 21 heavy (non-hydrogen) atoms. The number of nitrogens with one attached hydrogen (secondary N) is 1.